The van der Waals surface area contributed by atoms with E-state index in [9.17, 15) is 8.42 Å². The maximum Gasteiger partial charge on any atom is 0.211 e. The summed E-state index contributed by atoms with van der Waals surface area (Å²) in [6.07, 6.45) is 4.71. The number of primary sulfonamides is 1. The van der Waals surface area contributed by atoms with Crippen LogP contribution in [0.25, 0.3) is 0 Å². The van der Waals surface area contributed by atoms with Gasteiger partial charge in [-0.05, 0) is 12.8 Å². The lowest BCUT2D eigenvalue weighted by molar-refractivity contribution is 0.484. The summed E-state index contributed by atoms with van der Waals surface area (Å²) in [5, 5.41) is 4.73. The van der Waals surface area contributed by atoms with Crippen LogP contribution in [0.5, 0.6) is 0 Å². The molecule has 0 unspecified atom stereocenters. The van der Waals surface area contributed by atoms with Gasteiger partial charge in [0.2, 0.25) is 10.0 Å². The predicted octanol–water partition coefficient (Wildman–Crippen LogP) is 1.03. The van der Waals surface area contributed by atoms with Gasteiger partial charge in [-0.2, -0.15) is 0 Å². The van der Waals surface area contributed by atoms with Gasteiger partial charge in [0, 0.05) is 0 Å². The van der Waals surface area contributed by atoms with Crippen molar-refractivity contribution < 1.29 is 8.42 Å². The van der Waals surface area contributed by atoms with Gasteiger partial charge in [0.05, 0.1) is 5.25 Å². The van der Waals surface area contributed by atoms with Crippen molar-refractivity contribution in [2.24, 2.45) is 5.14 Å². The number of hydrogen-bond acceptors (Lipinski definition) is 2. The molecule has 0 aromatic heterocycles. The van der Waals surface area contributed by atoms with Gasteiger partial charge in [0.25, 0.3) is 0 Å². The quantitative estimate of drug-likeness (QED) is 0.686. The zero-order valence-electron chi connectivity index (χ0n) is 6.32. The van der Waals surface area contributed by atoms with Gasteiger partial charge in [-0.1, -0.05) is 19.3 Å². The Morgan fingerprint density at radius 3 is 1.82 bits per heavy atom. The smallest absolute Gasteiger partial charge is 0.211 e. The summed E-state index contributed by atoms with van der Waals surface area (Å²) in [5.74, 6) is 0. The van der Waals surface area contributed by atoms with E-state index in [1.807, 2.05) is 0 Å². The van der Waals surface area contributed by atoms with E-state index in [0.29, 0.717) is 0 Å². The molecule has 11 heavy (non-hydrogen) atoms. The normalized spacial score (nSPS) is 20.8. The molecule has 0 aromatic carbocycles. The Bertz CT molecular complexity index is 197. The van der Waals surface area contributed by atoms with E-state index < -0.39 is 10.0 Å². The summed E-state index contributed by atoms with van der Waals surface area (Å²) >= 11 is 0. The average Bonchev–Trinajstić information content (AvgIpc) is 1.88. The van der Waals surface area contributed by atoms with Crippen LogP contribution in [0.15, 0.2) is 0 Å². The number of hydrogen-bond donors (Lipinski definition) is 1. The van der Waals surface area contributed by atoms with E-state index in [2.05, 4.69) is 0 Å². The lowest BCUT2D eigenvalue weighted by Gasteiger charge is -2.18. The number of sulfonamides is 1. The Hall–Kier alpha value is 0.200. The summed E-state index contributed by atoms with van der Waals surface area (Å²) in [7, 11) is -3.23. The molecule has 0 spiro atoms. The topological polar surface area (TPSA) is 60.2 Å². The number of halogens is 1. The molecule has 1 aliphatic rings. The number of nitrogens with two attached hydrogens (primary N) is 1. The van der Waals surface area contributed by atoms with Crippen molar-refractivity contribution in [3.8, 4) is 0 Å². The minimum Gasteiger partial charge on any atom is -0.228 e. The second kappa shape index (κ2) is 4.28. The second-order valence-corrected chi connectivity index (χ2v) is 4.69. The fraction of sp³-hybridized carbons (Fsp3) is 1.00. The molecule has 1 fully saturated rings. The molecule has 0 heterocycles. The van der Waals surface area contributed by atoms with Gasteiger partial charge in [-0.3, -0.25) is 0 Å². The van der Waals surface area contributed by atoms with Crippen molar-refractivity contribution in [2.45, 2.75) is 37.4 Å². The van der Waals surface area contributed by atoms with Gasteiger partial charge in [-0.15, -0.1) is 12.4 Å². The molecular formula is C6H14ClNO2S. The van der Waals surface area contributed by atoms with E-state index >= 15 is 0 Å². The van der Waals surface area contributed by atoms with Gasteiger partial charge in [0.1, 0.15) is 0 Å². The number of rotatable bonds is 1. The van der Waals surface area contributed by atoms with E-state index in [-0.39, 0.29) is 17.7 Å². The molecule has 0 aliphatic heterocycles. The van der Waals surface area contributed by atoms with E-state index in [0.717, 1.165) is 32.1 Å². The molecule has 0 atom stereocenters. The summed E-state index contributed by atoms with van der Waals surface area (Å²) in [6, 6.07) is 0. The van der Waals surface area contributed by atoms with Crippen LogP contribution in [0.2, 0.25) is 0 Å². The third-order valence-corrected chi connectivity index (χ3v) is 3.42. The molecule has 0 aromatic rings. The van der Waals surface area contributed by atoms with E-state index in [1.165, 1.54) is 0 Å². The minimum absolute atomic E-state index is 0. The highest BCUT2D eigenvalue weighted by molar-refractivity contribution is 7.89. The summed E-state index contributed by atoms with van der Waals surface area (Å²) in [6.45, 7) is 0. The maximum atomic E-state index is 10.8. The molecule has 3 nitrogen and oxygen atoms in total. The fourth-order valence-electron chi connectivity index (χ4n) is 1.39. The first-order valence-corrected chi connectivity index (χ1v) is 5.23. The van der Waals surface area contributed by atoms with Gasteiger partial charge in [0.15, 0.2) is 0 Å². The maximum absolute atomic E-state index is 10.8. The van der Waals surface area contributed by atoms with Crippen LogP contribution in [0, 0.1) is 0 Å². The highest BCUT2D eigenvalue weighted by Gasteiger charge is 2.22. The Morgan fingerprint density at radius 2 is 1.55 bits per heavy atom. The monoisotopic (exact) mass is 199 g/mol. The Morgan fingerprint density at radius 1 is 1.09 bits per heavy atom. The highest BCUT2D eigenvalue weighted by atomic mass is 35.5. The molecule has 0 saturated heterocycles. The largest absolute Gasteiger partial charge is 0.228 e. The molecule has 0 amide bonds. The van der Waals surface area contributed by atoms with Crippen molar-refractivity contribution in [2.75, 3.05) is 0 Å². The van der Waals surface area contributed by atoms with Crippen molar-refractivity contribution in [1.82, 2.24) is 0 Å². The zero-order chi connectivity index (χ0) is 7.61. The first-order valence-electron chi connectivity index (χ1n) is 3.62. The third-order valence-electron chi connectivity index (χ3n) is 2.02. The third kappa shape index (κ3) is 3.40. The minimum atomic E-state index is -3.23. The second-order valence-electron chi connectivity index (χ2n) is 2.85. The Balaban J connectivity index is 0.000001000. The van der Waals surface area contributed by atoms with Crippen LogP contribution in [-0.2, 0) is 10.0 Å². The summed E-state index contributed by atoms with van der Waals surface area (Å²) in [5.41, 5.74) is 0. The average molecular weight is 200 g/mol. The standard InChI is InChI=1S/C6H13NO2S.ClH/c7-10(8,9)6-4-2-1-3-5-6;/h6H,1-5H2,(H2,7,8,9);1H. The van der Waals surface area contributed by atoms with Gasteiger partial charge in [-0.25, -0.2) is 13.6 Å². The van der Waals surface area contributed by atoms with E-state index in [4.69, 9.17) is 5.14 Å². The van der Waals surface area contributed by atoms with Crippen molar-refractivity contribution in [3.05, 3.63) is 0 Å². The molecule has 2 N–H and O–H groups in total. The fourth-order valence-corrected chi connectivity index (χ4v) is 2.38. The molecular weight excluding hydrogens is 186 g/mol. The van der Waals surface area contributed by atoms with Crippen LogP contribution in [0.3, 0.4) is 0 Å². The van der Waals surface area contributed by atoms with Crippen LogP contribution < -0.4 is 5.14 Å². The van der Waals surface area contributed by atoms with Crippen molar-refractivity contribution >= 4 is 22.4 Å². The SMILES string of the molecule is Cl.NS(=O)(=O)C1CCCCC1. The van der Waals surface area contributed by atoms with Crippen LogP contribution >= 0.6 is 12.4 Å². The van der Waals surface area contributed by atoms with Crippen molar-refractivity contribution in [3.63, 3.8) is 0 Å². The molecule has 1 saturated carbocycles. The Labute approximate surface area is 73.8 Å². The first-order chi connectivity index (χ1) is 4.61. The van der Waals surface area contributed by atoms with Gasteiger partial charge >= 0.3 is 0 Å². The molecule has 68 valence electrons. The lowest BCUT2D eigenvalue weighted by atomic mass is 10.0. The Kier molecular flexibility index (Phi) is 4.36. The molecule has 1 aliphatic carbocycles. The van der Waals surface area contributed by atoms with Crippen molar-refractivity contribution in [1.29, 1.82) is 0 Å². The molecule has 1 rings (SSSR count). The lowest BCUT2D eigenvalue weighted by Crippen LogP contribution is -2.30. The van der Waals surface area contributed by atoms with Crippen LogP contribution in [0.4, 0.5) is 0 Å². The summed E-state index contributed by atoms with van der Waals surface area (Å²) in [4.78, 5) is 0. The predicted molar refractivity (Wildman–Crippen MR) is 47.2 cm³/mol. The first kappa shape index (κ1) is 11.2. The molecule has 0 bridgehead atoms. The van der Waals surface area contributed by atoms with Gasteiger partial charge < -0.3 is 0 Å². The molecule has 0 radical (unpaired) electrons. The summed E-state index contributed by atoms with van der Waals surface area (Å²) < 4.78 is 21.5. The highest BCUT2D eigenvalue weighted by Crippen LogP contribution is 2.21. The van der Waals surface area contributed by atoms with Crippen LogP contribution in [0.1, 0.15) is 32.1 Å². The van der Waals surface area contributed by atoms with E-state index in [1.54, 1.807) is 0 Å². The molecule has 5 heteroatoms. The van der Waals surface area contributed by atoms with Crippen LogP contribution in [-0.4, -0.2) is 13.7 Å². The zero-order valence-corrected chi connectivity index (χ0v) is 7.96.